The van der Waals surface area contributed by atoms with E-state index >= 15 is 0 Å². The van der Waals surface area contributed by atoms with Crippen LogP contribution in [0.25, 0.3) is 0 Å². The lowest BCUT2D eigenvalue weighted by Gasteiger charge is -2.36. The Bertz CT molecular complexity index is 852. The summed E-state index contributed by atoms with van der Waals surface area (Å²) in [5.74, 6) is 3.19. The molecule has 28 heavy (non-hydrogen) atoms. The fourth-order valence-corrected chi connectivity index (χ4v) is 3.76. The number of aromatic nitrogens is 2. The smallest absolute Gasteiger partial charge is 0.257 e. The van der Waals surface area contributed by atoms with Crippen LogP contribution >= 0.6 is 0 Å². The van der Waals surface area contributed by atoms with Gasteiger partial charge in [0, 0.05) is 51.0 Å². The van der Waals surface area contributed by atoms with E-state index in [0.717, 1.165) is 49.4 Å². The van der Waals surface area contributed by atoms with E-state index in [0.29, 0.717) is 37.6 Å². The Morgan fingerprint density at radius 1 is 0.929 bits per heavy atom. The molecule has 2 saturated heterocycles. The summed E-state index contributed by atoms with van der Waals surface area (Å²) in [5, 5.41) is 0. The van der Waals surface area contributed by atoms with Gasteiger partial charge in [-0.05, 0) is 26.8 Å². The maximum Gasteiger partial charge on any atom is 0.257 e. The molecule has 0 radical (unpaired) electrons. The molecule has 0 unspecified atom stereocenters. The predicted octanol–water partition coefficient (Wildman–Crippen LogP) is 1.79. The van der Waals surface area contributed by atoms with Crippen molar-refractivity contribution in [3.05, 3.63) is 34.9 Å². The molecular formula is C20H27N5O3. The van der Waals surface area contributed by atoms with Crippen LogP contribution in [0.4, 0.5) is 11.8 Å². The first kappa shape index (κ1) is 18.7. The van der Waals surface area contributed by atoms with Crippen LogP contribution in [0.5, 0.6) is 0 Å². The van der Waals surface area contributed by atoms with Gasteiger partial charge in [-0.3, -0.25) is 4.79 Å². The lowest BCUT2D eigenvalue weighted by atomic mass is 10.2. The molecular weight excluding hydrogens is 358 g/mol. The van der Waals surface area contributed by atoms with Crippen LogP contribution in [0, 0.1) is 20.8 Å². The summed E-state index contributed by atoms with van der Waals surface area (Å²) in [4.78, 5) is 28.5. The number of furan rings is 1. The number of ether oxygens (including phenoxy) is 1. The summed E-state index contributed by atoms with van der Waals surface area (Å²) >= 11 is 0. The number of anilines is 2. The highest BCUT2D eigenvalue weighted by molar-refractivity contribution is 5.95. The third-order valence-electron chi connectivity index (χ3n) is 5.29. The molecule has 4 heterocycles. The Morgan fingerprint density at radius 3 is 2.29 bits per heavy atom. The highest BCUT2D eigenvalue weighted by Gasteiger charge is 2.26. The molecule has 2 fully saturated rings. The number of nitrogens with zero attached hydrogens (tertiary/aromatic N) is 5. The first-order valence-corrected chi connectivity index (χ1v) is 9.81. The number of carbonyl (C=O) groups excluding carboxylic acids is 1. The van der Waals surface area contributed by atoms with Crippen molar-refractivity contribution in [1.29, 1.82) is 0 Å². The zero-order chi connectivity index (χ0) is 19.7. The summed E-state index contributed by atoms with van der Waals surface area (Å²) in [6, 6.07) is 3.84. The van der Waals surface area contributed by atoms with Crippen molar-refractivity contribution in [2.75, 3.05) is 62.3 Å². The number of amides is 1. The fraction of sp³-hybridized carbons (Fsp3) is 0.550. The van der Waals surface area contributed by atoms with E-state index in [-0.39, 0.29) is 5.91 Å². The topological polar surface area (TPSA) is 74.9 Å². The van der Waals surface area contributed by atoms with Gasteiger partial charge in [-0.2, -0.15) is 4.98 Å². The van der Waals surface area contributed by atoms with Crippen LogP contribution in [-0.2, 0) is 4.74 Å². The van der Waals surface area contributed by atoms with Gasteiger partial charge in [0.15, 0.2) is 0 Å². The van der Waals surface area contributed by atoms with Gasteiger partial charge >= 0.3 is 0 Å². The normalized spacial score (nSPS) is 17.9. The second kappa shape index (κ2) is 7.79. The van der Waals surface area contributed by atoms with Crippen molar-refractivity contribution < 1.29 is 13.9 Å². The van der Waals surface area contributed by atoms with Gasteiger partial charge in [0.2, 0.25) is 5.95 Å². The Kier molecular flexibility index (Phi) is 5.21. The maximum absolute atomic E-state index is 12.8. The molecule has 0 aliphatic carbocycles. The predicted molar refractivity (Wildman–Crippen MR) is 106 cm³/mol. The van der Waals surface area contributed by atoms with Gasteiger partial charge < -0.3 is 23.9 Å². The largest absolute Gasteiger partial charge is 0.466 e. The number of rotatable bonds is 3. The standard InChI is InChI=1S/C20H27N5O3/c1-14-12-18(22-20(21-14)25-8-10-27-11-9-25)23-4-6-24(7-5-23)19(26)17-13-15(2)28-16(17)3/h12-13H,4-11H2,1-3H3. The second-order valence-electron chi connectivity index (χ2n) is 7.37. The van der Waals surface area contributed by atoms with Crippen molar-refractivity contribution in [3.8, 4) is 0 Å². The Labute approximate surface area is 165 Å². The maximum atomic E-state index is 12.8. The molecule has 150 valence electrons. The second-order valence-corrected chi connectivity index (χ2v) is 7.37. The molecule has 1 amide bonds. The number of hydrogen-bond donors (Lipinski definition) is 0. The average molecular weight is 385 g/mol. The van der Waals surface area contributed by atoms with Crippen molar-refractivity contribution in [2.45, 2.75) is 20.8 Å². The molecule has 8 nitrogen and oxygen atoms in total. The summed E-state index contributed by atoms with van der Waals surface area (Å²) < 4.78 is 10.9. The summed E-state index contributed by atoms with van der Waals surface area (Å²) in [6.07, 6.45) is 0. The zero-order valence-electron chi connectivity index (χ0n) is 16.8. The number of hydrogen-bond acceptors (Lipinski definition) is 7. The monoisotopic (exact) mass is 385 g/mol. The molecule has 8 heteroatoms. The Hall–Kier alpha value is -2.61. The molecule has 2 aliphatic heterocycles. The SMILES string of the molecule is Cc1cc(N2CCN(C(=O)c3cc(C)oc3C)CC2)nc(N2CCOCC2)n1. The third kappa shape index (κ3) is 3.82. The minimum atomic E-state index is 0.0434. The molecule has 2 aromatic heterocycles. The van der Waals surface area contributed by atoms with Crippen LogP contribution in [-0.4, -0.2) is 73.3 Å². The lowest BCUT2D eigenvalue weighted by Crippen LogP contribution is -2.49. The average Bonchev–Trinajstić information content (AvgIpc) is 3.06. The minimum Gasteiger partial charge on any atom is -0.466 e. The molecule has 0 N–H and O–H groups in total. The van der Waals surface area contributed by atoms with E-state index in [1.807, 2.05) is 37.8 Å². The molecule has 0 saturated carbocycles. The van der Waals surface area contributed by atoms with E-state index in [1.165, 1.54) is 0 Å². The van der Waals surface area contributed by atoms with Crippen LogP contribution in [0.2, 0.25) is 0 Å². The summed E-state index contributed by atoms with van der Waals surface area (Å²) in [6.45, 7) is 11.6. The summed E-state index contributed by atoms with van der Waals surface area (Å²) in [5.41, 5.74) is 1.62. The Morgan fingerprint density at radius 2 is 1.64 bits per heavy atom. The molecule has 4 rings (SSSR count). The van der Waals surface area contributed by atoms with Crippen molar-refractivity contribution in [3.63, 3.8) is 0 Å². The molecule has 0 atom stereocenters. The van der Waals surface area contributed by atoms with E-state index in [4.69, 9.17) is 14.1 Å². The van der Waals surface area contributed by atoms with Crippen molar-refractivity contribution >= 4 is 17.7 Å². The van der Waals surface area contributed by atoms with Crippen LogP contribution < -0.4 is 9.80 Å². The molecule has 0 spiro atoms. The number of carbonyl (C=O) groups is 1. The van der Waals surface area contributed by atoms with Crippen LogP contribution in [0.1, 0.15) is 27.6 Å². The van der Waals surface area contributed by atoms with Gasteiger partial charge in [-0.1, -0.05) is 0 Å². The van der Waals surface area contributed by atoms with Crippen LogP contribution in [0.15, 0.2) is 16.5 Å². The highest BCUT2D eigenvalue weighted by Crippen LogP contribution is 2.21. The van der Waals surface area contributed by atoms with E-state index in [9.17, 15) is 4.79 Å². The Balaban J connectivity index is 1.44. The highest BCUT2D eigenvalue weighted by atomic mass is 16.5. The quantitative estimate of drug-likeness (QED) is 0.797. The van der Waals surface area contributed by atoms with E-state index in [1.54, 1.807) is 0 Å². The number of piperazine rings is 1. The molecule has 0 bridgehead atoms. The number of aryl methyl sites for hydroxylation is 3. The lowest BCUT2D eigenvalue weighted by molar-refractivity contribution is 0.0744. The summed E-state index contributed by atoms with van der Waals surface area (Å²) in [7, 11) is 0. The first-order valence-electron chi connectivity index (χ1n) is 9.81. The van der Waals surface area contributed by atoms with Gasteiger partial charge in [-0.25, -0.2) is 4.98 Å². The van der Waals surface area contributed by atoms with Gasteiger partial charge in [0.25, 0.3) is 5.91 Å². The fourth-order valence-electron chi connectivity index (χ4n) is 3.76. The van der Waals surface area contributed by atoms with Crippen molar-refractivity contribution in [2.24, 2.45) is 0 Å². The first-order chi connectivity index (χ1) is 13.5. The minimum absolute atomic E-state index is 0.0434. The van der Waals surface area contributed by atoms with Gasteiger partial charge in [-0.15, -0.1) is 0 Å². The molecule has 0 aromatic carbocycles. The number of morpholine rings is 1. The van der Waals surface area contributed by atoms with Crippen molar-refractivity contribution in [1.82, 2.24) is 14.9 Å². The van der Waals surface area contributed by atoms with E-state index in [2.05, 4.69) is 14.8 Å². The molecule has 2 aromatic rings. The van der Waals surface area contributed by atoms with Crippen LogP contribution in [0.3, 0.4) is 0 Å². The zero-order valence-corrected chi connectivity index (χ0v) is 16.8. The van der Waals surface area contributed by atoms with Gasteiger partial charge in [0.1, 0.15) is 17.3 Å². The molecule has 2 aliphatic rings. The third-order valence-corrected chi connectivity index (χ3v) is 5.29. The van der Waals surface area contributed by atoms with E-state index < -0.39 is 0 Å². The van der Waals surface area contributed by atoms with Gasteiger partial charge in [0.05, 0.1) is 18.8 Å².